The van der Waals surface area contributed by atoms with Crippen LogP contribution >= 0.6 is 0 Å². The van der Waals surface area contributed by atoms with E-state index >= 15 is 0 Å². The molecule has 1 saturated carbocycles. The van der Waals surface area contributed by atoms with E-state index in [1.54, 1.807) is 12.1 Å². The highest BCUT2D eigenvalue weighted by molar-refractivity contribution is 5.25. The standard InChI is InChI=1S/C19H29NO2/c1-15(4-5-16-6-8-18(21)9-7-16)20-17-10-13-22-19(14-17)11-2-3-12-19/h6-9,15,17,20-21H,2-5,10-14H2,1H3/t15-,17-/m1/s1. The molecular formula is C19H29NO2. The number of phenols is 1. The number of benzene rings is 1. The minimum Gasteiger partial charge on any atom is -0.508 e. The van der Waals surface area contributed by atoms with Gasteiger partial charge in [0, 0.05) is 18.7 Å². The van der Waals surface area contributed by atoms with Crippen LogP contribution in [0.25, 0.3) is 0 Å². The van der Waals surface area contributed by atoms with Crippen molar-refractivity contribution in [1.29, 1.82) is 0 Å². The molecule has 1 saturated heterocycles. The Kier molecular flexibility index (Phi) is 5.04. The number of hydrogen-bond acceptors (Lipinski definition) is 3. The molecule has 2 fully saturated rings. The minimum atomic E-state index is 0.201. The van der Waals surface area contributed by atoms with Gasteiger partial charge in [-0.3, -0.25) is 0 Å². The first kappa shape index (κ1) is 15.8. The van der Waals surface area contributed by atoms with Crippen molar-refractivity contribution in [3.63, 3.8) is 0 Å². The molecule has 1 aromatic rings. The smallest absolute Gasteiger partial charge is 0.115 e. The average molecular weight is 303 g/mol. The van der Waals surface area contributed by atoms with Crippen molar-refractivity contribution in [3.05, 3.63) is 29.8 Å². The van der Waals surface area contributed by atoms with Gasteiger partial charge in [-0.25, -0.2) is 0 Å². The molecule has 0 aromatic heterocycles. The summed E-state index contributed by atoms with van der Waals surface area (Å²) in [6, 6.07) is 8.72. The van der Waals surface area contributed by atoms with Crippen LogP contribution in [0.3, 0.4) is 0 Å². The van der Waals surface area contributed by atoms with Gasteiger partial charge in [0.25, 0.3) is 0 Å². The summed E-state index contributed by atoms with van der Waals surface area (Å²) < 4.78 is 6.12. The molecule has 1 heterocycles. The van der Waals surface area contributed by atoms with E-state index in [9.17, 15) is 5.11 Å². The van der Waals surface area contributed by atoms with Crippen LogP contribution in [-0.2, 0) is 11.2 Å². The Morgan fingerprint density at radius 3 is 2.73 bits per heavy atom. The van der Waals surface area contributed by atoms with Gasteiger partial charge in [0.1, 0.15) is 5.75 Å². The Morgan fingerprint density at radius 2 is 2.00 bits per heavy atom. The fourth-order valence-electron chi connectivity index (χ4n) is 4.07. The van der Waals surface area contributed by atoms with Crippen molar-refractivity contribution in [1.82, 2.24) is 5.32 Å². The minimum absolute atomic E-state index is 0.201. The van der Waals surface area contributed by atoms with Crippen LogP contribution in [0, 0.1) is 0 Å². The quantitative estimate of drug-likeness (QED) is 0.869. The number of ether oxygens (including phenoxy) is 1. The molecule has 2 aliphatic rings. The molecule has 0 amide bonds. The summed E-state index contributed by atoms with van der Waals surface area (Å²) in [7, 11) is 0. The summed E-state index contributed by atoms with van der Waals surface area (Å²) in [4.78, 5) is 0. The van der Waals surface area contributed by atoms with Crippen LogP contribution in [0.2, 0.25) is 0 Å². The molecular weight excluding hydrogens is 274 g/mol. The van der Waals surface area contributed by atoms with Crippen molar-refractivity contribution in [3.8, 4) is 5.75 Å². The van der Waals surface area contributed by atoms with Gasteiger partial charge in [-0.2, -0.15) is 0 Å². The second-order valence-electron chi connectivity index (χ2n) is 7.20. The lowest BCUT2D eigenvalue weighted by Crippen LogP contribution is -2.48. The number of phenolic OH excluding ortho intramolecular Hbond substituents is 1. The summed E-state index contributed by atoms with van der Waals surface area (Å²) in [5.41, 5.74) is 1.50. The summed E-state index contributed by atoms with van der Waals surface area (Å²) in [6.45, 7) is 3.21. The van der Waals surface area contributed by atoms with Crippen molar-refractivity contribution >= 4 is 0 Å². The molecule has 1 aliphatic carbocycles. The Hall–Kier alpha value is -1.06. The van der Waals surface area contributed by atoms with Crippen LogP contribution in [0.5, 0.6) is 5.75 Å². The third-order valence-corrected chi connectivity index (χ3v) is 5.33. The third kappa shape index (κ3) is 4.02. The van der Waals surface area contributed by atoms with Crippen LogP contribution < -0.4 is 5.32 Å². The molecule has 22 heavy (non-hydrogen) atoms. The SMILES string of the molecule is C[C@H](CCc1ccc(O)cc1)N[C@@H]1CCOC2(CCCC2)C1. The topological polar surface area (TPSA) is 41.5 Å². The van der Waals surface area contributed by atoms with Gasteiger partial charge >= 0.3 is 0 Å². The molecule has 122 valence electrons. The fraction of sp³-hybridized carbons (Fsp3) is 0.684. The maximum atomic E-state index is 9.33. The Morgan fingerprint density at radius 1 is 1.27 bits per heavy atom. The molecule has 3 heteroatoms. The number of aromatic hydroxyl groups is 1. The predicted molar refractivity (Wildman–Crippen MR) is 89.2 cm³/mol. The van der Waals surface area contributed by atoms with Crippen molar-refractivity contribution in [2.45, 2.75) is 76.0 Å². The maximum absolute atomic E-state index is 9.33. The van der Waals surface area contributed by atoms with E-state index in [0.29, 0.717) is 17.8 Å². The second kappa shape index (κ2) is 7.01. The highest BCUT2D eigenvalue weighted by atomic mass is 16.5. The zero-order valence-electron chi connectivity index (χ0n) is 13.7. The molecule has 3 rings (SSSR count). The van der Waals surface area contributed by atoms with Crippen molar-refractivity contribution in [2.24, 2.45) is 0 Å². The third-order valence-electron chi connectivity index (χ3n) is 5.33. The maximum Gasteiger partial charge on any atom is 0.115 e. The average Bonchev–Trinajstić information content (AvgIpc) is 2.94. The van der Waals surface area contributed by atoms with E-state index in [0.717, 1.165) is 25.9 Å². The van der Waals surface area contributed by atoms with E-state index in [1.807, 2.05) is 12.1 Å². The van der Waals surface area contributed by atoms with Crippen LogP contribution in [0.1, 0.15) is 57.4 Å². The second-order valence-corrected chi connectivity index (χ2v) is 7.20. The first-order valence-corrected chi connectivity index (χ1v) is 8.83. The number of aryl methyl sites for hydroxylation is 1. The normalized spacial score (nSPS) is 25.4. The van der Waals surface area contributed by atoms with E-state index in [1.165, 1.54) is 37.7 Å². The molecule has 3 nitrogen and oxygen atoms in total. The lowest BCUT2D eigenvalue weighted by Gasteiger charge is -2.39. The number of nitrogens with one attached hydrogen (secondary N) is 1. The molecule has 0 bridgehead atoms. The Balaban J connectivity index is 1.45. The van der Waals surface area contributed by atoms with E-state index in [-0.39, 0.29) is 5.60 Å². The van der Waals surface area contributed by atoms with Crippen molar-refractivity contribution < 1.29 is 9.84 Å². The molecule has 1 spiro atoms. The number of hydrogen-bond donors (Lipinski definition) is 2. The largest absolute Gasteiger partial charge is 0.508 e. The highest BCUT2D eigenvalue weighted by Crippen LogP contribution is 2.40. The lowest BCUT2D eigenvalue weighted by atomic mass is 9.88. The Labute approximate surface area is 134 Å². The van der Waals surface area contributed by atoms with Gasteiger partial charge in [0.15, 0.2) is 0 Å². The molecule has 1 aliphatic heterocycles. The van der Waals surface area contributed by atoms with E-state index in [4.69, 9.17) is 4.74 Å². The van der Waals surface area contributed by atoms with Gasteiger partial charge in [0.2, 0.25) is 0 Å². The van der Waals surface area contributed by atoms with Gasteiger partial charge in [0.05, 0.1) is 5.60 Å². The van der Waals surface area contributed by atoms with Crippen molar-refractivity contribution in [2.75, 3.05) is 6.61 Å². The zero-order valence-corrected chi connectivity index (χ0v) is 13.7. The molecule has 2 atom stereocenters. The van der Waals surface area contributed by atoms with Crippen LogP contribution in [-0.4, -0.2) is 29.4 Å². The zero-order chi connectivity index (χ0) is 15.4. The van der Waals surface area contributed by atoms with Gasteiger partial charge in [-0.1, -0.05) is 25.0 Å². The summed E-state index contributed by atoms with van der Waals surface area (Å²) in [6.07, 6.45) is 9.71. The van der Waals surface area contributed by atoms with Gasteiger partial charge < -0.3 is 15.2 Å². The monoisotopic (exact) mass is 303 g/mol. The lowest BCUT2D eigenvalue weighted by molar-refractivity contribution is -0.0846. The summed E-state index contributed by atoms with van der Waals surface area (Å²) >= 11 is 0. The molecule has 2 N–H and O–H groups in total. The fourth-order valence-corrected chi connectivity index (χ4v) is 4.07. The van der Waals surface area contributed by atoms with Crippen LogP contribution in [0.15, 0.2) is 24.3 Å². The van der Waals surface area contributed by atoms with Crippen LogP contribution in [0.4, 0.5) is 0 Å². The number of rotatable bonds is 5. The van der Waals surface area contributed by atoms with Gasteiger partial charge in [-0.05, 0) is 63.1 Å². The molecule has 1 aromatic carbocycles. The molecule has 0 radical (unpaired) electrons. The van der Waals surface area contributed by atoms with Gasteiger partial charge in [-0.15, -0.1) is 0 Å². The predicted octanol–water partition coefficient (Wildman–Crippen LogP) is 3.79. The summed E-state index contributed by atoms with van der Waals surface area (Å²) in [5.74, 6) is 0.346. The summed E-state index contributed by atoms with van der Waals surface area (Å²) in [5, 5.41) is 13.1. The van der Waals surface area contributed by atoms with E-state index < -0.39 is 0 Å². The Bertz CT molecular complexity index is 465. The highest BCUT2D eigenvalue weighted by Gasteiger charge is 2.39. The van der Waals surface area contributed by atoms with E-state index in [2.05, 4.69) is 12.2 Å². The first-order valence-electron chi connectivity index (χ1n) is 8.83. The molecule has 0 unspecified atom stereocenters. The first-order chi connectivity index (χ1) is 10.7.